The summed E-state index contributed by atoms with van der Waals surface area (Å²) in [6.45, 7) is 0.575. The van der Waals surface area contributed by atoms with Crippen LogP contribution in [-0.2, 0) is 10.0 Å². The second-order valence-corrected chi connectivity index (χ2v) is 7.88. The lowest BCUT2D eigenvalue weighted by atomic mass is 10.1. The monoisotopic (exact) mass is 320 g/mol. The average molecular weight is 321 g/mol. The Labute approximate surface area is 122 Å². The molecule has 1 aromatic rings. The molecule has 4 nitrogen and oxygen atoms in total. The van der Waals surface area contributed by atoms with Crippen LogP contribution in [0.25, 0.3) is 0 Å². The number of nitrogens with zero attached hydrogens (tertiary/aromatic N) is 1. The number of piperidine rings is 1. The first-order valence-corrected chi connectivity index (χ1v) is 8.35. The fourth-order valence-electron chi connectivity index (χ4n) is 3.14. The Morgan fingerprint density at radius 2 is 2.00 bits per heavy atom. The number of nitrogen functional groups attached to an aromatic ring is 1. The Morgan fingerprint density at radius 1 is 1.26 bits per heavy atom. The van der Waals surface area contributed by atoms with Gasteiger partial charge < -0.3 is 5.73 Å². The van der Waals surface area contributed by atoms with E-state index in [1.165, 1.54) is 12.1 Å². The first-order chi connectivity index (χ1) is 8.89. The molecule has 1 saturated heterocycles. The van der Waals surface area contributed by atoms with Crippen molar-refractivity contribution in [2.45, 2.75) is 30.2 Å². The number of anilines is 1. The van der Waals surface area contributed by atoms with E-state index in [0.717, 1.165) is 19.3 Å². The van der Waals surface area contributed by atoms with Gasteiger partial charge in [0.25, 0.3) is 0 Å². The van der Waals surface area contributed by atoms with Crippen LogP contribution in [0.1, 0.15) is 19.3 Å². The first-order valence-electron chi connectivity index (χ1n) is 6.16. The number of hydrogen-bond acceptors (Lipinski definition) is 3. The van der Waals surface area contributed by atoms with Crippen molar-refractivity contribution < 1.29 is 8.42 Å². The van der Waals surface area contributed by atoms with Crippen molar-refractivity contribution >= 4 is 38.9 Å². The molecule has 0 aromatic heterocycles. The van der Waals surface area contributed by atoms with Gasteiger partial charge in [0.1, 0.15) is 4.90 Å². The molecule has 1 aliphatic carbocycles. The maximum Gasteiger partial charge on any atom is 0.246 e. The van der Waals surface area contributed by atoms with Gasteiger partial charge in [0.15, 0.2) is 0 Å². The van der Waals surface area contributed by atoms with E-state index >= 15 is 0 Å². The van der Waals surface area contributed by atoms with Crippen molar-refractivity contribution in [3.8, 4) is 0 Å². The Kier molecular flexibility index (Phi) is 3.21. The molecule has 2 bridgehead atoms. The summed E-state index contributed by atoms with van der Waals surface area (Å²) in [6, 6.07) is 2.94. The van der Waals surface area contributed by atoms with Crippen LogP contribution in [0.4, 0.5) is 5.69 Å². The predicted octanol–water partition coefficient (Wildman–Crippen LogP) is 2.75. The zero-order valence-corrected chi connectivity index (χ0v) is 12.5. The number of nitrogens with two attached hydrogens (primary N) is 1. The maximum absolute atomic E-state index is 12.7. The van der Waals surface area contributed by atoms with E-state index in [-0.39, 0.29) is 21.6 Å². The molecule has 2 unspecified atom stereocenters. The molecule has 1 heterocycles. The van der Waals surface area contributed by atoms with Crippen molar-refractivity contribution in [3.05, 3.63) is 22.2 Å². The predicted molar refractivity (Wildman–Crippen MR) is 75.9 cm³/mol. The Balaban J connectivity index is 2.06. The van der Waals surface area contributed by atoms with E-state index in [2.05, 4.69) is 0 Å². The summed E-state index contributed by atoms with van der Waals surface area (Å²) >= 11 is 11.9. The van der Waals surface area contributed by atoms with Crippen molar-refractivity contribution in [1.82, 2.24) is 4.31 Å². The van der Waals surface area contributed by atoms with Gasteiger partial charge in [-0.1, -0.05) is 23.2 Å². The average Bonchev–Trinajstić information content (AvgIpc) is 2.88. The molecule has 1 aromatic carbocycles. The first kappa shape index (κ1) is 13.5. The third-order valence-corrected chi connectivity index (χ3v) is 6.63. The summed E-state index contributed by atoms with van der Waals surface area (Å²) in [5.41, 5.74) is 5.91. The van der Waals surface area contributed by atoms with Gasteiger partial charge in [-0.05, 0) is 37.3 Å². The molecule has 0 spiro atoms. The molecule has 104 valence electrons. The molecule has 2 atom stereocenters. The molecule has 7 heteroatoms. The van der Waals surface area contributed by atoms with Crippen molar-refractivity contribution in [3.63, 3.8) is 0 Å². The lowest BCUT2D eigenvalue weighted by Gasteiger charge is -2.27. The van der Waals surface area contributed by atoms with Crippen LogP contribution in [0, 0.1) is 5.92 Å². The number of benzene rings is 1. The minimum Gasteiger partial charge on any atom is -0.398 e. The highest BCUT2D eigenvalue weighted by Crippen LogP contribution is 2.43. The summed E-state index contributed by atoms with van der Waals surface area (Å²) in [6.07, 6.45) is 2.99. The molecular weight excluding hydrogens is 307 g/mol. The number of fused-ring (bicyclic) bond motifs is 2. The normalized spacial score (nSPS) is 27.1. The van der Waals surface area contributed by atoms with Gasteiger partial charge in [-0.3, -0.25) is 0 Å². The number of hydrogen-bond donors (Lipinski definition) is 1. The number of sulfonamides is 1. The summed E-state index contributed by atoms with van der Waals surface area (Å²) < 4.78 is 26.9. The molecular formula is C12H14Cl2N2O2S. The van der Waals surface area contributed by atoms with Gasteiger partial charge in [0, 0.05) is 17.6 Å². The van der Waals surface area contributed by atoms with Gasteiger partial charge in [-0.15, -0.1) is 0 Å². The molecule has 1 saturated carbocycles. The second-order valence-electron chi connectivity index (χ2n) is 5.21. The van der Waals surface area contributed by atoms with Crippen LogP contribution in [0.15, 0.2) is 17.0 Å². The van der Waals surface area contributed by atoms with Crippen LogP contribution in [0.3, 0.4) is 0 Å². The zero-order valence-electron chi connectivity index (χ0n) is 10.1. The smallest absolute Gasteiger partial charge is 0.246 e. The third kappa shape index (κ3) is 2.13. The standard InChI is InChI=1S/C12H14Cl2N2O2S/c13-8-4-10(14)12(11(15)5-8)19(17,18)16-6-7-1-2-9(16)3-7/h4-5,7,9H,1-3,6,15H2. The highest BCUT2D eigenvalue weighted by Gasteiger charge is 2.45. The second kappa shape index (κ2) is 4.52. The van der Waals surface area contributed by atoms with Crippen molar-refractivity contribution in [2.24, 2.45) is 5.92 Å². The maximum atomic E-state index is 12.7. The van der Waals surface area contributed by atoms with E-state index in [1.807, 2.05) is 0 Å². The molecule has 0 amide bonds. The topological polar surface area (TPSA) is 63.4 Å². The SMILES string of the molecule is Nc1cc(Cl)cc(Cl)c1S(=O)(=O)N1CC2CCC1C2. The summed E-state index contributed by atoms with van der Waals surface area (Å²) in [5.74, 6) is 0.479. The summed E-state index contributed by atoms with van der Waals surface area (Å²) in [7, 11) is -3.63. The van der Waals surface area contributed by atoms with Gasteiger partial charge in [0.2, 0.25) is 10.0 Å². The van der Waals surface area contributed by atoms with Crippen molar-refractivity contribution in [1.29, 1.82) is 0 Å². The van der Waals surface area contributed by atoms with Crippen molar-refractivity contribution in [2.75, 3.05) is 12.3 Å². The Morgan fingerprint density at radius 3 is 2.53 bits per heavy atom. The molecule has 1 aliphatic heterocycles. The lowest BCUT2D eigenvalue weighted by Crippen LogP contribution is -2.38. The fourth-order valence-corrected chi connectivity index (χ4v) is 5.83. The minimum atomic E-state index is -3.63. The van der Waals surface area contributed by atoms with E-state index in [1.54, 1.807) is 4.31 Å². The molecule has 2 fully saturated rings. The molecule has 2 aliphatic rings. The van der Waals surface area contributed by atoms with E-state index in [0.29, 0.717) is 17.5 Å². The number of halogens is 2. The number of rotatable bonds is 2. The Hall–Kier alpha value is -0.490. The van der Waals surface area contributed by atoms with Gasteiger partial charge >= 0.3 is 0 Å². The lowest BCUT2D eigenvalue weighted by molar-refractivity contribution is 0.333. The zero-order chi connectivity index (χ0) is 13.8. The molecule has 2 N–H and O–H groups in total. The molecule has 3 rings (SSSR count). The van der Waals surface area contributed by atoms with Crippen LogP contribution in [0.5, 0.6) is 0 Å². The van der Waals surface area contributed by atoms with Crippen LogP contribution < -0.4 is 5.73 Å². The van der Waals surface area contributed by atoms with Gasteiger partial charge in [-0.25, -0.2) is 8.42 Å². The highest BCUT2D eigenvalue weighted by atomic mass is 35.5. The van der Waals surface area contributed by atoms with Gasteiger partial charge in [-0.2, -0.15) is 4.31 Å². The Bertz CT molecular complexity index is 610. The summed E-state index contributed by atoms with van der Waals surface area (Å²) in [5, 5.41) is 0.428. The fraction of sp³-hybridized carbons (Fsp3) is 0.500. The van der Waals surface area contributed by atoms with Gasteiger partial charge in [0.05, 0.1) is 10.7 Å². The van der Waals surface area contributed by atoms with E-state index in [9.17, 15) is 8.42 Å². The highest BCUT2D eigenvalue weighted by molar-refractivity contribution is 7.89. The van der Waals surface area contributed by atoms with E-state index < -0.39 is 10.0 Å². The van der Waals surface area contributed by atoms with E-state index in [4.69, 9.17) is 28.9 Å². The minimum absolute atomic E-state index is 0.00823. The largest absolute Gasteiger partial charge is 0.398 e. The van der Waals surface area contributed by atoms with Crippen LogP contribution in [-0.4, -0.2) is 25.3 Å². The molecule has 0 radical (unpaired) electrons. The summed E-state index contributed by atoms with van der Waals surface area (Å²) in [4.78, 5) is -0.00823. The third-order valence-electron chi connectivity index (χ3n) is 3.96. The quantitative estimate of drug-likeness (QED) is 0.852. The van der Waals surface area contributed by atoms with Crippen LogP contribution in [0.2, 0.25) is 10.0 Å². The van der Waals surface area contributed by atoms with Crippen LogP contribution >= 0.6 is 23.2 Å². The molecule has 19 heavy (non-hydrogen) atoms.